The molecule has 1 aromatic carbocycles. The molecule has 0 saturated carbocycles. The minimum atomic E-state index is -2.92. The Kier molecular flexibility index (Phi) is 4.68. The fraction of sp³-hybridized carbons (Fsp3) is 0.333. The number of thioether (sulfide) groups is 1. The summed E-state index contributed by atoms with van der Waals surface area (Å²) < 4.78 is 15.5. The largest absolute Gasteiger partial charge is 0.326 e. The molecule has 0 fully saturated rings. The summed E-state index contributed by atoms with van der Waals surface area (Å²) in [7, 11) is -2.92. The van der Waals surface area contributed by atoms with Gasteiger partial charge in [-0.3, -0.25) is 9.09 Å². The summed E-state index contributed by atoms with van der Waals surface area (Å²) in [6.45, 7) is 3.48. The van der Waals surface area contributed by atoms with Gasteiger partial charge in [0.25, 0.3) is 0 Å². The van der Waals surface area contributed by atoms with Gasteiger partial charge < -0.3 is 4.89 Å². The molecule has 0 aliphatic rings. The normalized spacial score (nSPS) is 13.9. The van der Waals surface area contributed by atoms with E-state index in [0.29, 0.717) is 5.02 Å². The van der Waals surface area contributed by atoms with Crippen molar-refractivity contribution in [2.45, 2.75) is 23.7 Å². The number of hydrogen-bond acceptors (Lipinski definition) is 3. The molecule has 1 aromatic rings. The summed E-state index contributed by atoms with van der Waals surface area (Å²) in [5, 5.41) is 0.661. The first kappa shape index (κ1) is 13.1. The van der Waals surface area contributed by atoms with Crippen molar-refractivity contribution in [3.63, 3.8) is 0 Å². The zero-order chi connectivity index (χ0) is 11.5. The third-order valence-electron chi connectivity index (χ3n) is 1.51. The highest BCUT2D eigenvalue weighted by molar-refractivity contribution is 8.00. The molecule has 0 aliphatic heterocycles. The zero-order valence-electron chi connectivity index (χ0n) is 8.36. The van der Waals surface area contributed by atoms with Crippen LogP contribution in [0.25, 0.3) is 0 Å². The van der Waals surface area contributed by atoms with Gasteiger partial charge in [0.15, 0.2) is 0 Å². The first-order valence-corrected chi connectivity index (χ1v) is 6.71. The quantitative estimate of drug-likeness (QED) is 0.514. The average molecular weight is 267 g/mol. The maximum Gasteiger partial charge on any atom is 0.317 e. The van der Waals surface area contributed by atoms with Gasteiger partial charge in [0.1, 0.15) is 4.93 Å². The lowest BCUT2D eigenvalue weighted by molar-refractivity contribution is 0.192. The van der Waals surface area contributed by atoms with Gasteiger partial charge in [-0.25, -0.2) is 0 Å². The van der Waals surface area contributed by atoms with Crippen LogP contribution in [0.4, 0.5) is 0 Å². The van der Waals surface area contributed by atoms with Crippen molar-refractivity contribution >= 4 is 31.6 Å². The molecule has 84 valence electrons. The Morgan fingerprint density at radius 1 is 1.40 bits per heavy atom. The van der Waals surface area contributed by atoms with E-state index in [1.165, 1.54) is 11.8 Å². The van der Waals surface area contributed by atoms with Crippen LogP contribution in [0.1, 0.15) is 13.8 Å². The summed E-state index contributed by atoms with van der Waals surface area (Å²) in [5.74, 6) is 0. The highest BCUT2D eigenvalue weighted by Crippen LogP contribution is 2.39. The predicted octanol–water partition coefficient (Wildman–Crippen LogP) is 3.57. The van der Waals surface area contributed by atoms with E-state index in [9.17, 15) is 4.57 Å². The van der Waals surface area contributed by atoms with E-state index < -0.39 is 13.2 Å². The molecule has 0 amide bonds. The third kappa shape index (κ3) is 5.05. The fourth-order valence-electron chi connectivity index (χ4n) is 1.02. The van der Waals surface area contributed by atoms with Crippen LogP contribution in [0.2, 0.25) is 5.02 Å². The van der Waals surface area contributed by atoms with E-state index in [1.807, 2.05) is 12.1 Å². The first-order valence-electron chi connectivity index (χ1n) is 4.25. The maximum absolute atomic E-state index is 10.6. The second-order valence-corrected chi connectivity index (χ2v) is 6.15. The van der Waals surface area contributed by atoms with Crippen molar-refractivity contribution in [2.24, 2.45) is 0 Å². The maximum atomic E-state index is 10.6. The number of hydrogen-bond donors (Lipinski definition) is 1. The molecule has 6 heteroatoms. The molecule has 0 spiro atoms. The molecule has 0 aromatic heterocycles. The number of benzene rings is 1. The topological polar surface area (TPSA) is 46.5 Å². The molecule has 1 atom stereocenters. The van der Waals surface area contributed by atoms with Crippen LogP contribution in [0.3, 0.4) is 0 Å². The highest BCUT2D eigenvalue weighted by atomic mass is 35.5. The summed E-state index contributed by atoms with van der Waals surface area (Å²) in [5.41, 5.74) is 0. The summed E-state index contributed by atoms with van der Waals surface area (Å²) in [6, 6.07) is 7.21. The van der Waals surface area contributed by atoms with Crippen LogP contribution in [0.5, 0.6) is 0 Å². The Balaban J connectivity index is 2.68. The van der Waals surface area contributed by atoms with Crippen molar-refractivity contribution in [1.29, 1.82) is 0 Å². The number of halogens is 1. The fourth-order valence-corrected chi connectivity index (χ4v) is 2.78. The zero-order valence-corrected chi connectivity index (χ0v) is 10.9. The van der Waals surface area contributed by atoms with E-state index in [-0.39, 0.29) is 0 Å². The van der Waals surface area contributed by atoms with Crippen LogP contribution in [0, 0.1) is 0 Å². The molecule has 3 nitrogen and oxygen atoms in total. The summed E-state index contributed by atoms with van der Waals surface area (Å²) in [6.07, 6.45) is 0. The molecule has 15 heavy (non-hydrogen) atoms. The second-order valence-electron chi connectivity index (χ2n) is 3.32. The van der Waals surface area contributed by atoms with Gasteiger partial charge in [0, 0.05) is 9.92 Å². The van der Waals surface area contributed by atoms with E-state index >= 15 is 0 Å². The van der Waals surface area contributed by atoms with Crippen LogP contribution in [-0.4, -0.2) is 9.83 Å². The van der Waals surface area contributed by atoms with Crippen LogP contribution in [0.15, 0.2) is 29.2 Å². The van der Waals surface area contributed by atoms with E-state index in [1.54, 1.807) is 26.0 Å². The lowest BCUT2D eigenvalue weighted by Crippen LogP contribution is -2.15. The van der Waals surface area contributed by atoms with E-state index in [0.717, 1.165) is 4.90 Å². The first-order chi connectivity index (χ1) is 6.89. The SMILES string of the molecule is CC(C)(O[PH](=O)O)Sc1ccc(Cl)cc1. The van der Waals surface area contributed by atoms with Gasteiger partial charge >= 0.3 is 8.25 Å². The molecule has 0 bridgehead atoms. The van der Waals surface area contributed by atoms with Gasteiger partial charge in [0.05, 0.1) is 0 Å². The summed E-state index contributed by atoms with van der Waals surface area (Å²) in [4.78, 5) is 8.91. The Labute approximate surface area is 98.7 Å². The van der Waals surface area contributed by atoms with Gasteiger partial charge in [-0.15, -0.1) is 0 Å². The van der Waals surface area contributed by atoms with Crippen molar-refractivity contribution < 1.29 is 14.0 Å². The molecular weight excluding hydrogens is 255 g/mol. The van der Waals surface area contributed by atoms with Crippen molar-refractivity contribution in [1.82, 2.24) is 0 Å². The minimum absolute atomic E-state index is 0.661. The van der Waals surface area contributed by atoms with Gasteiger partial charge in [-0.05, 0) is 38.1 Å². The molecule has 1 rings (SSSR count). The predicted molar refractivity (Wildman–Crippen MR) is 63.7 cm³/mol. The number of rotatable bonds is 4. The third-order valence-corrected chi connectivity index (χ3v) is 3.68. The minimum Gasteiger partial charge on any atom is -0.326 e. The van der Waals surface area contributed by atoms with Crippen LogP contribution < -0.4 is 0 Å². The molecule has 1 unspecified atom stereocenters. The Morgan fingerprint density at radius 2 is 1.93 bits per heavy atom. The highest BCUT2D eigenvalue weighted by Gasteiger charge is 2.22. The summed E-state index contributed by atoms with van der Waals surface area (Å²) >= 11 is 7.11. The van der Waals surface area contributed by atoms with E-state index in [4.69, 9.17) is 21.0 Å². The smallest absolute Gasteiger partial charge is 0.317 e. The monoisotopic (exact) mass is 266 g/mol. The Bertz CT molecular complexity index is 353. The average Bonchev–Trinajstić information content (AvgIpc) is 2.06. The van der Waals surface area contributed by atoms with Gasteiger partial charge in [-0.1, -0.05) is 23.4 Å². The van der Waals surface area contributed by atoms with Crippen molar-refractivity contribution in [3.05, 3.63) is 29.3 Å². The molecule has 0 saturated heterocycles. The van der Waals surface area contributed by atoms with Crippen LogP contribution in [-0.2, 0) is 9.09 Å². The van der Waals surface area contributed by atoms with Crippen molar-refractivity contribution in [2.75, 3.05) is 0 Å². The van der Waals surface area contributed by atoms with Gasteiger partial charge in [0.2, 0.25) is 0 Å². The Morgan fingerprint density at radius 3 is 2.40 bits per heavy atom. The van der Waals surface area contributed by atoms with E-state index in [2.05, 4.69) is 0 Å². The van der Waals surface area contributed by atoms with Crippen molar-refractivity contribution in [3.8, 4) is 0 Å². The molecule has 1 N–H and O–H groups in total. The second kappa shape index (κ2) is 5.37. The standard InChI is InChI=1S/C9H12ClO3PS/c1-9(2,13-14(11)12)15-8-5-3-7(10)4-6-8/h3-6,14H,1-2H3,(H,11,12). The molecular formula is C9H12ClO3PS. The van der Waals surface area contributed by atoms with Gasteiger partial charge in [-0.2, -0.15) is 0 Å². The lowest BCUT2D eigenvalue weighted by Gasteiger charge is -2.22. The lowest BCUT2D eigenvalue weighted by atomic mass is 10.4. The molecule has 0 aliphatic carbocycles. The Hall–Kier alpha value is 0.01000. The molecule has 0 heterocycles. The van der Waals surface area contributed by atoms with Crippen LogP contribution >= 0.6 is 31.6 Å². The molecule has 0 radical (unpaired) electrons.